The molecule has 0 bridgehead atoms. The molecule has 1 nitrogen and oxygen atoms in total. The van der Waals surface area contributed by atoms with E-state index in [9.17, 15) is 0 Å². The highest BCUT2D eigenvalue weighted by molar-refractivity contribution is 4.97. The molecule has 2 aliphatic rings. The van der Waals surface area contributed by atoms with Crippen molar-refractivity contribution in [1.82, 2.24) is 0 Å². The minimum atomic E-state index is 0.467. The smallest absolute Gasteiger partial charge is 0.00748 e. The summed E-state index contributed by atoms with van der Waals surface area (Å²) in [6, 6.07) is 0.467. The summed E-state index contributed by atoms with van der Waals surface area (Å²) < 4.78 is 0. The van der Waals surface area contributed by atoms with Crippen molar-refractivity contribution in [2.24, 2.45) is 28.9 Å². The Hall–Kier alpha value is -0.0400. The molecule has 2 aliphatic carbocycles. The van der Waals surface area contributed by atoms with Crippen LogP contribution >= 0.6 is 0 Å². The third kappa shape index (κ3) is 1.84. The quantitative estimate of drug-likeness (QED) is 0.719. The molecule has 0 heterocycles. The standard InChI is InChI=1S/C13H25N/c1-9-4-7-11(12(14)8-9)13(2,3)10-5-6-10/h9-12H,4-8,14H2,1-3H3. The number of hydrogen-bond acceptors (Lipinski definition) is 1. The van der Waals surface area contributed by atoms with Crippen LogP contribution in [0, 0.1) is 23.2 Å². The molecule has 2 fully saturated rings. The molecular weight excluding hydrogens is 170 g/mol. The number of hydrogen-bond donors (Lipinski definition) is 1. The van der Waals surface area contributed by atoms with Crippen molar-refractivity contribution in [1.29, 1.82) is 0 Å². The molecule has 14 heavy (non-hydrogen) atoms. The van der Waals surface area contributed by atoms with Gasteiger partial charge in [-0.1, -0.05) is 27.2 Å². The highest BCUT2D eigenvalue weighted by Crippen LogP contribution is 2.53. The zero-order valence-electron chi connectivity index (χ0n) is 9.92. The second kappa shape index (κ2) is 3.52. The van der Waals surface area contributed by atoms with Gasteiger partial charge in [-0.2, -0.15) is 0 Å². The molecule has 1 heteroatoms. The number of rotatable bonds is 2. The van der Waals surface area contributed by atoms with E-state index in [4.69, 9.17) is 5.73 Å². The molecule has 2 rings (SSSR count). The van der Waals surface area contributed by atoms with E-state index in [1.54, 1.807) is 0 Å². The molecule has 0 aromatic rings. The summed E-state index contributed by atoms with van der Waals surface area (Å²) in [5.74, 6) is 2.62. The molecule has 2 saturated carbocycles. The van der Waals surface area contributed by atoms with Crippen LogP contribution in [0.5, 0.6) is 0 Å². The second-order valence-electron chi connectivity index (χ2n) is 6.28. The van der Waals surface area contributed by atoms with Crippen LogP contribution < -0.4 is 5.73 Å². The van der Waals surface area contributed by atoms with Gasteiger partial charge in [-0.3, -0.25) is 0 Å². The molecule has 0 aromatic heterocycles. The first kappa shape index (κ1) is 10.5. The first-order valence-corrected chi connectivity index (χ1v) is 6.27. The van der Waals surface area contributed by atoms with Gasteiger partial charge in [0.1, 0.15) is 0 Å². The average Bonchev–Trinajstić information content (AvgIpc) is 2.84. The summed E-state index contributed by atoms with van der Waals surface area (Å²) in [7, 11) is 0. The van der Waals surface area contributed by atoms with E-state index in [0.29, 0.717) is 11.5 Å². The van der Waals surface area contributed by atoms with E-state index in [2.05, 4.69) is 20.8 Å². The van der Waals surface area contributed by atoms with E-state index in [0.717, 1.165) is 17.8 Å². The zero-order valence-corrected chi connectivity index (χ0v) is 9.92. The maximum absolute atomic E-state index is 6.32. The highest BCUT2D eigenvalue weighted by atomic mass is 14.7. The fourth-order valence-electron chi connectivity index (χ4n) is 3.48. The average molecular weight is 195 g/mol. The minimum Gasteiger partial charge on any atom is -0.327 e. The van der Waals surface area contributed by atoms with Crippen molar-refractivity contribution in [3.05, 3.63) is 0 Å². The molecule has 0 spiro atoms. The van der Waals surface area contributed by atoms with Gasteiger partial charge < -0.3 is 5.73 Å². The lowest BCUT2D eigenvalue weighted by Gasteiger charge is -2.43. The van der Waals surface area contributed by atoms with Crippen molar-refractivity contribution in [2.45, 2.75) is 58.9 Å². The SMILES string of the molecule is CC1CCC(C(C)(C)C2CC2)C(N)C1. The topological polar surface area (TPSA) is 26.0 Å². The van der Waals surface area contributed by atoms with Crippen molar-refractivity contribution in [3.8, 4) is 0 Å². The van der Waals surface area contributed by atoms with Crippen molar-refractivity contribution < 1.29 is 0 Å². The lowest BCUT2D eigenvalue weighted by atomic mass is 9.64. The first-order valence-electron chi connectivity index (χ1n) is 6.27. The summed E-state index contributed by atoms with van der Waals surface area (Å²) in [6.07, 6.45) is 6.92. The highest BCUT2D eigenvalue weighted by Gasteiger charge is 2.46. The molecular formula is C13H25N. The molecule has 0 saturated heterocycles. The normalized spacial score (nSPS) is 39.9. The zero-order chi connectivity index (χ0) is 10.3. The molecule has 0 aromatic carbocycles. The summed E-state index contributed by atoms with van der Waals surface area (Å²) in [6.45, 7) is 7.25. The van der Waals surface area contributed by atoms with E-state index in [1.807, 2.05) is 0 Å². The van der Waals surface area contributed by atoms with E-state index >= 15 is 0 Å². The van der Waals surface area contributed by atoms with Crippen LogP contribution in [0.2, 0.25) is 0 Å². The Morgan fingerprint density at radius 1 is 1.07 bits per heavy atom. The lowest BCUT2D eigenvalue weighted by Crippen LogP contribution is -2.44. The molecule has 82 valence electrons. The monoisotopic (exact) mass is 195 g/mol. The Balaban J connectivity index is 2.02. The number of nitrogens with two attached hydrogens (primary N) is 1. The fourth-order valence-corrected chi connectivity index (χ4v) is 3.48. The van der Waals surface area contributed by atoms with Crippen LogP contribution in [0.4, 0.5) is 0 Å². The third-order valence-corrected chi connectivity index (χ3v) is 4.75. The van der Waals surface area contributed by atoms with Gasteiger partial charge in [-0.05, 0) is 48.9 Å². The molecule has 0 amide bonds. The van der Waals surface area contributed by atoms with Gasteiger partial charge >= 0.3 is 0 Å². The summed E-state index contributed by atoms with van der Waals surface area (Å²) in [4.78, 5) is 0. The van der Waals surface area contributed by atoms with Crippen LogP contribution in [0.3, 0.4) is 0 Å². The van der Waals surface area contributed by atoms with Crippen LogP contribution in [-0.4, -0.2) is 6.04 Å². The predicted molar refractivity (Wildman–Crippen MR) is 61.0 cm³/mol. The maximum Gasteiger partial charge on any atom is 0.00748 e. The summed E-state index contributed by atoms with van der Waals surface area (Å²) >= 11 is 0. The maximum atomic E-state index is 6.32. The first-order chi connectivity index (χ1) is 6.51. The molecule has 3 unspecified atom stereocenters. The van der Waals surface area contributed by atoms with E-state index in [1.165, 1.54) is 32.1 Å². The Kier molecular flexibility index (Phi) is 2.63. The second-order valence-corrected chi connectivity index (χ2v) is 6.28. The third-order valence-electron chi connectivity index (χ3n) is 4.75. The van der Waals surface area contributed by atoms with Crippen LogP contribution in [0.25, 0.3) is 0 Å². The van der Waals surface area contributed by atoms with Gasteiger partial charge in [-0.15, -0.1) is 0 Å². The summed E-state index contributed by atoms with van der Waals surface area (Å²) in [5, 5.41) is 0. The predicted octanol–water partition coefficient (Wildman–Crippen LogP) is 3.19. The Labute approximate surface area is 88.4 Å². The Morgan fingerprint density at radius 2 is 1.71 bits per heavy atom. The van der Waals surface area contributed by atoms with Gasteiger partial charge in [0, 0.05) is 6.04 Å². The van der Waals surface area contributed by atoms with Gasteiger partial charge in [0.15, 0.2) is 0 Å². The van der Waals surface area contributed by atoms with Gasteiger partial charge in [0.2, 0.25) is 0 Å². The molecule has 2 N–H and O–H groups in total. The Morgan fingerprint density at radius 3 is 2.21 bits per heavy atom. The van der Waals surface area contributed by atoms with Crippen LogP contribution in [0.1, 0.15) is 52.9 Å². The van der Waals surface area contributed by atoms with Crippen LogP contribution in [-0.2, 0) is 0 Å². The Bertz CT molecular complexity index is 205. The van der Waals surface area contributed by atoms with E-state index < -0.39 is 0 Å². The van der Waals surface area contributed by atoms with Crippen molar-refractivity contribution in [3.63, 3.8) is 0 Å². The molecule has 0 radical (unpaired) electrons. The molecule has 0 aliphatic heterocycles. The van der Waals surface area contributed by atoms with E-state index in [-0.39, 0.29) is 0 Å². The largest absolute Gasteiger partial charge is 0.327 e. The fraction of sp³-hybridized carbons (Fsp3) is 1.00. The van der Waals surface area contributed by atoms with Crippen molar-refractivity contribution in [2.75, 3.05) is 0 Å². The van der Waals surface area contributed by atoms with Crippen LogP contribution in [0.15, 0.2) is 0 Å². The van der Waals surface area contributed by atoms with Gasteiger partial charge in [0.25, 0.3) is 0 Å². The minimum absolute atomic E-state index is 0.467. The summed E-state index contributed by atoms with van der Waals surface area (Å²) in [5.41, 5.74) is 6.83. The molecule has 3 atom stereocenters. The van der Waals surface area contributed by atoms with Gasteiger partial charge in [0.05, 0.1) is 0 Å². The van der Waals surface area contributed by atoms with Gasteiger partial charge in [-0.25, -0.2) is 0 Å². The van der Waals surface area contributed by atoms with Crippen molar-refractivity contribution >= 4 is 0 Å². The lowest BCUT2D eigenvalue weighted by molar-refractivity contribution is 0.0926.